The highest BCUT2D eigenvalue weighted by atomic mass is 16.5. The molecular weight excluding hydrogens is 540 g/mol. The van der Waals surface area contributed by atoms with E-state index in [0.717, 1.165) is 74.3 Å². The number of carbonyl (C=O) groups is 2. The zero-order valence-electron chi connectivity index (χ0n) is 25.2. The maximum Gasteiger partial charge on any atom is 0.310 e. The summed E-state index contributed by atoms with van der Waals surface area (Å²) in [6.07, 6.45) is 12.0. The van der Waals surface area contributed by atoms with E-state index in [1.165, 1.54) is 5.56 Å². The average Bonchev–Trinajstić information content (AvgIpc) is 3.49. The first-order valence-corrected chi connectivity index (χ1v) is 15.5. The Hall–Kier alpha value is -3.97. The maximum atomic E-state index is 12.6. The van der Waals surface area contributed by atoms with Crippen molar-refractivity contribution in [1.29, 1.82) is 0 Å². The Morgan fingerprint density at radius 2 is 1.74 bits per heavy atom. The van der Waals surface area contributed by atoms with Crippen LogP contribution in [-0.4, -0.2) is 35.2 Å². The number of unbranched alkanes of at least 4 members (excludes halogenated alkanes) is 2. The number of carboxylic acids is 1. The zero-order valence-corrected chi connectivity index (χ0v) is 25.2. The molecule has 1 aromatic heterocycles. The predicted octanol–water partition coefficient (Wildman–Crippen LogP) is 7.94. The van der Waals surface area contributed by atoms with Gasteiger partial charge in [0.2, 0.25) is 5.91 Å². The van der Waals surface area contributed by atoms with E-state index in [2.05, 4.69) is 36.5 Å². The molecular formula is C36H44N2O5. The second-order valence-electron chi connectivity index (χ2n) is 11.4. The molecule has 3 aromatic rings. The molecule has 1 heterocycles. The Labute approximate surface area is 255 Å². The van der Waals surface area contributed by atoms with Crippen molar-refractivity contribution in [3.63, 3.8) is 0 Å². The first-order chi connectivity index (χ1) is 21.0. The van der Waals surface area contributed by atoms with Crippen molar-refractivity contribution in [3.05, 3.63) is 89.2 Å². The Bertz CT molecular complexity index is 1350. The van der Waals surface area contributed by atoms with Gasteiger partial charge in [-0.15, -0.1) is 0 Å². The molecule has 2 aromatic carbocycles. The second-order valence-corrected chi connectivity index (χ2v) is 11.4. The number of nitrogens with zero attached hydrogens (tertiary/aromatic N) is 1. The van der Waals surface area contributed by atoms with Crippen LogP contribution in [0.4, 0.5) is 5.69 Å². The van der Waals surface area contributed by atoms with Crippen LogP contribution in [0.15, 0.2) is 66.7 Å². The Morgan fingerprint density at radius 1 is 0.953 bits per heavy atom. The first-order valence-electron chi connectivity index (χ1n) is 15.5. The molecule has 0 atom stereocenters. The minimum atomic E-state index is -0.932. The van der Waals surface area contributed by atoms with Gasteiger partial charge in [-0.3, -0.25) is 14.6 Å². The monoisotopic (exact) mass is 584 g/mol. The van der Waals surface area contributed by atoms with Crippen LogP contribution >= 0.6 is 0 Å². The first kappa shape index (κ1) is 32.0. The molecule has 0 unspecified atom stereocenters. The lowest BCUT2D eigenvalue weighted by Crippen LogP contribution is -2.32. The number of aromatic nitrogens is 1. The predicted molar refractivity (Wildman–Crippen MR) is 171 cm³/mol. The standard InChI is InChI=1S/C36H44N2O5/c1-2-3-24-43-33-19-16-28(17-20-33)10-4-7-23-42-27-32-14-9-12-30(37-32)18-15-29-11-8-13-31(25-29)38-34(39)26-36(35(40)41)21-5-6-22-36/h8-9,11-20,25H,2-7,10,21-24,26-27H2,1H3,(H,38,39)(H,40,41)/b18-15+. The number of aliphatic carboxylic acids is 1. The molecule has 0 spiro atoms. The average molecular weight is 585 g/mol. The van der Waals surface area contributed by atoms with E-state index < -0.39 is 11.4 Å². The Balaban J connectivity index is 1.18. The lowest BCUT2D eigenvalue weighted by Gasteiger charge is -2.22. The highest BCUT2D eigenvalue weighted by molar-refractivity contribution is 5.94. The van der Waals surface area contributed by atoms with Crippen LogP contribution < -0.4 is 10.1 Å². The van der Waals surface area contributed by atoms with Crippen molar-refractivity contribution < 1.29 is 24.2 Å². The molecule has 43 heavy (non-hydrogen) atoms. The number of anilines is 1. The summed E-state index contributed by atoms with van der Waals surface area (Å²) in [7, 11) is 0. The van der Waals surface area contributed by atoms with Crippen molar-refractivity contribution in [1.82, 2.24) is 4.98 Å². The van der Waals surface area contributed by atoms with Crippen LogP contribution in [0, 0.1) is 5.41 Å². The molecule has 0 bridgehead atoms. The molecule has 7 nitrogen and oxygen atoms in total. The molecule has 0 saturated heterocycles. The summed E-state index contributed by atoms with van der Waals surface area (Å²) in [4.78, 5) is 29.1. The quantitative estimate of drug-likeness (QED) is 0.156. The van der Waals surface area contributed by atoms with Gasteiger partial charge in [0.15, 0.2) is 0 Å². The zero-order chi connectivity index (χ0) is 30.3. The van der Waals surface area contributed by atoms with Crippen LogP contribution in [0.2, 0.25) is 0 Å². The van der Waals surface area contributed by atoms with Gasteiger partial charge in [-0.25, -0.2) is 0 Å². The van der Waals surface area contributed by atoms with Gasteiger partial charge in [0.1, 0.15) is 5.75 Å². The minimum absolute atomic E-state index is 0.00403. The topological polar surface area (TPSA) is 97.8 Å². The van der Waals surface area contributed by atoms with Gasteiger partial charge in [0.25, 0.3) is 0 Å². The number of aryl methyl sites for hydroxylation is 1. The molecule has 1 aliphatic rings. The van der Waals surface area contributed by atoms with E-state index >= 15 is 0 Å². The molecule has 1 fully saturated rings. The largest absolute Gasteiger partial charge is 0.494 e. The van der Waals surface area contributed by atoms with Crippen LogP contribution in [0.25, 0.3) is 12.2 Å². The summed E-state index contributed by atoms with van der Waals surface area (Å²) >= 11 is 0. The molecule has 0 radical (unpaired) electrons. The van der Waals surface area contributed by atoms with Crippen molar-refractivity contribution in [2.45, 2.75) is 77.7 Å². The number of hydrogen-bond acceptors (Lipinski definition) is 5. The van der Waals surface area contributed by atoms with Crippen LogP contribution in [0.5, 0.6) is 5.75 Å². The highest BCUT2D eigenvalue weighted by Gasteiger charge is 2.42. The van der Waals surface area contributed by atoms with E-state index in [4.69, 9.17) is 14.5 Å². The number of amides is 1. The number of benzene rings is 2. The highest BCUT2D eigenvalue weighted by Crippen LogP contribution is 2.41. The van der Waals surface area contributed by atoms with Crippen molar-refractivity contribution >= 4 is 29.7 Å². The molecule has 7 heteroatoms. The van der Waals surface area contributed by atoms with Gasteiger partial charge in [0, 0.05) is 18.7 Å². The third-order valence-electron chi connectivity index (χ3n) is 7.90. The van der Waals surface area contributed by atoms with Crippen LogP contribution in [0.1, 0.15) is 87.2 Å². The fourth-order valence-corrected chi connectivity index (χ4v) is 5.40. The van der Waals surface area contributed by atoms with Crippen LogP contribution in [-0.2, 0) is 27.4 Å². The maximum absolute atomic E-state index is 12.6. The molecule has 1 amide bonds. The number of hydrogen-bond donors (Lipinski definition) is 2. The van der Waals surface area contributed by atoms with Gasteiger partial charge in [-0.2, -0.15) is 0 Å². The number of ether oxygens (including phenoxy) is 2. The molecule has 0 aliphatic heterocycles. The van der Waals surface area contributed by atoms with E-state index in [0.29, 0.717) is 31.7 Å². The molecule has 2 N–H and O–H groups in total. The van der Waals surface area contributed by atoms with E-state index in [-0.39, 0.29) is 12.3 Å². The summed E-state index contributed by atoms with van der Waals surface area (Å²) in [6.45, 7) is 4.08. The summed E-state index contributed by atoms with van der Waals surface area (Å²) in [5.41, 5.74) is 3.64. The fraction of sp³-hybridized carbons (Fsp3) is 0.417. The molecule has 1 aliphatic carbocycles. The van der Waals surface area contributed by atoms with Gasteiger partial charge in [-0.05, 0) is 92.1 Å². The van der Waals surface area contributed by atoms with E-state index in [1.807, 2.05) is 54.6 Å². The second kappa shape index (κ2) is 16.6. The van der Waals surface area contributed by atoms with Crippen molar-refractivity contribution in [3.8, 4) is 5.75 Å². The smallest absolute Gasteiger partial charge is 0.310 e. The van der Waals surface area contributed by atoms with Gasteiger partial charge < -0.3 is 19.9 Å². The number of nitrogens with one attached hydrogen (secondary N) is 1. The molecule has 1 saturated carbocycles. The Morgan fingerprint density at radius 3 is 2.51 bits per heavy atom. The third-order valence-corrected chi connectivity index (χ3v) is 7.90. The summed E-state index contributed by atoms with van der Waals surface area (Å²) in [5.74, 6) is -0.196. The molecule has 4 rings (SSSR count). The van der Waals surface area contributed by atoms with Crippen LogP contribution in [0.3, 0.4) is 0 Å². The normalized spacial score (nSPS) is 14.2. The third kappa shape index (κ3) is 10.4. The summed E-state index contributed by atoms with van der Waals surface area (Å²) in [6, 6.07) is 21.8. The lowest BCUT2D eigenvalue weighted by atomic mass is 9.82. The number of carboxylic acid groups (broad SMARTS) is 1. The van der Waals surface area contributed by atoms with Gasteiger partial charge in [-0.1, -0.05) is 62.6 Å². The number of carbonyl (C=O) groups excluding carboxylic acids is 1. The summed E-state index contributed by atoms with van der Waals surface area (Å²) in [5, 5.41) is 12.5. The number of pyridine rings is 1. The minimum Gasteiger partial charge on any atom is -0.494 e. The SMILES string of the molecule is CCCCOc1ccc(CCCCOCc2cccc(/C=C/c3cccc(NC(=O)CC4(C(=O)O)CCCC4)c3)n2)cc1. The van der Waals surface area contributed by atoms with Gasteiger partial charge >= 0.3 is 5.97 Å². The summed E-state index contributed by atoms with van der Waals surface area (Å²) < 4.78 is 11.6. The van der Waals surface area contributed by atoms with E-state index in [9.17, 15) is 14.7 Å². The fourth-order valence-electron chi connectivity index (χ4n) is 5.40. The molecule has 228 valence electrons. The Kier molecular flexibility index (Phi) is 12.3. The lowest BCUT2D eigenvalue weighted by molar-refractivity contribution is -0.150. The van der Waals surface area contributed by atoms with Crippen molar-refractivity contribution in [2.24, 2.45) is 5.41 Å². The number of rotatable bonds is 17. The van der Waals surface area contributed by atoms with Gasteiger partial charge in [0.05, 0.1) is 30.0 Å². The van der Waals surface area contributed by atoms with E-state index in [1.54, 1.807) is 0 Å². The van der Waals surface area contributed by atoms with Crippen molar-refractivity contribution in [2.75, 3.05) is 18.5 Å².